The van der Waals surface area contributed by atoms with E-state index < -0.39 is 0 Å². The number of nitrogens with zero attached hydrogens (tertiary/aromatic N) is 3. The highest BCUT2D eigenvalue weighted by Crippen LogP contribution is 2.52. The number of rotatable bonds is 3. The third kappa shape index (κ3) is 3.84. The van der Waals surface area contributed by atoms with E-state index >= 15 is 0 Å². The molecule has 3 nitrogen and oxygen atoms in total. The maximum atomic E-state index is 5.39. The van der Waals surface area contributed by atoms with Gasteiger partial charge in [0.25, 0.3) is 0 Å². The lowest BCUT2D eigenvalue weighted by Gasteiger charge is -2.22. The maximum Gasteiger partial charge on any atom is 0.160 e. The number of fused-ring (bicyclic) bond motifs is 9. The van der Waals surface area contributed by atoms with Gasteiger partial charge in [-0.1, -0.05) is 137 Å². The van der Waals surface area contributed by atoms with E-state index in [1.54, 1.807) is 0 Å². The number of hydrogen-bond donors (Lipinski definition) is 0. The van der Waals surface area contributed by atoms with Crippen LogP contribution in [0.1, 0.15) is 50.1 Å². The van der Waals surface area contributed by atoms with E-state index in [1.807, 2.05) is 0 Å². The van der Waals surface area contributed by atoms with Gasteiger partial charge in [-0.3, -0.25) is 0 Å². The SMILES string of the molecule is CC1(C)c2ccccc2-c2cc3c4ccccc4n(-c4cccc(-c5nc(-c6ccccc6)c6c(n5)C(C)(C)c5ccccc5-6)c4)c3cc21. The molecule has 0 saturated heterocycles. The van der Waals surface area contributed by atoms with Crippen LogP contribution in [0.5, 0.6) is 0 Å². The summed E-state index contributed by atoms with van der Waals surface area (Å²) in [5, 5.41) is 2.53. The molecule has 0 bridgehead atoms. The molecule has 2 aromatic heterocycles. The van der Waals surface area contributed by atoms with E-state index in [-0.39, 0.29) is 10.8 Å². The van der Waals surface area contributed by atoms with Crippen LogP contribution >= 0.6 is 0 Å². The van der Waals surface area contributed by atoms with Gasteiger partial charge in [0.2, 0.25) is 0 Å². The molecule has 0 radical (unpaired) electrons. The third-order valence-electron chi connectivity index (χ3n) is 11.2. The predicted molar refractivity (Wildman–Crippen MR) is 202 cm³/mol. The van der Waals surface area contributed by atoms with Crippen molar-refractivity contribution in [3.8, 4) is 50.6 Å². The lowest BCUT2D eigenvalue weighted by Crippen LogP contribution is -2.17. The molecule has 0 spiro atoms. The second-order valence-corrected chi connectivity index (χ2v) is 14.6. The van der Waals surface area contributed by atoms with E-state index in [9.17, 15) is 0 Å². The van der Waals surface area contributed by atoms with Crippen LogP contribution in [-0.2, 0) is 10.8 Å². The Balaban J connectivity index is 1.21. The first-order valence-corrected chi connectivity index (χ1v) is 17.2. The maximum absolute atomic E-state index is 5.39. The Morgan fingerprint density at radius 1 is 0.469 bits per heavy atom. The zero-order chi connectivity index (χ0) is 33.1. The molecule has 2 aliphatic rings. The minimum absolute atomic E-state index is 0.0836. The van der Waals surface area contributed by atoms with Crippen molar-refractivity contribution in [3.63, 3.8) is 0 Å². The molecule has 3 heteroatoms. The molecule has 0 aliphatic heterocycles. The van der Waals surface area contributed by atoms with E-state index in [0.29, 0.717) is 0 Å². The van der Waals surface area contributed by atoms with Gasteiger partial charge < -0.3 is 4.57 Å². The van der Waals surface area contributed by atoms with Gasteiger partial charge in [-0.2, -0.15) is 0 Å². The molecule has 6 aromatic carbocycles. The predicted octanol–water partition coefficient (Wildman–Crippen LogP) is 11.5. The van der Waals surface area contributed by atoms with Gasteiger partial charge in [0.1, 0.15) is 0 Å². The van der Waals surface area contributed by atoms with Gasteiger partial charge in [0, 0.05) is 44.0 Å². The molecule has 49 heavy (non-hydrogen) atoms. The van der Waals surface area contributed by atoms with Crippen LogP contribution in [0.25, 0.3) is 72.4 Å². The van der Waals surface area contributed by atoms with E-state index in [4.69, 9.17) is 9.97 Å². The highest BCUT2D eigenvalue weighted by molar-refractivity contribution is 6.11. The Morgan fingerprint density at radius 3 is 1.96 bits per heavy atom. The average molecular weight is 630 g/mol. The summed E-state index contributed by atoms with van der Waals surface area (Å²) < 4.78 is 2.43. The summed E-state index contributed by atoms with van der Waals surface area (Å²) in [6, 6.07) is 50.6. The first kappa shape index (κ1) is 28.2. The van der Waals surface area contributed by atoms with Gasteiger partial charge >= 0.3 is 0 Å². The minimum Gasteiger partial charge on any atom is -0.309 e. The van der Waals surface area contributed by atoms with Crippen LogP contribution < -0.4 is 0 Å². The summed E-state index contributed by atoms with van der Waals surface area (Å²) in [6.45, 7) is 9.28. The lowest BCUT2D eigenvalue weighted by molar-refractivity contribution is 0.636. The Bertz CT molecular complexity index is 2660. The molecule has 0 atom stereocenters. The lowest BCUT2D eigenvalue weighted by atomic mass is 9.82. The van der Waals surface area contributed by atoms with Crippen molar-refractivity contribution in [2.75, 3.05) is 0 Å². The third-order valence-corrected chi connectivity index (χ3v) is 11.2. The van der Waals surface area contributed by atoms with Crippen molar-refractivity contribution in [2.45, 2.75) is 38.5 Å². The Hall–Kier alpha value is -5.80. The zero-order valence-electron chi connectivity index (χ0n) is 28.1. The Labute approximate surface area is 286 Å². The molecule has 234 valence electrons. The van der Waals surface area contributed by atoms with Crippen LogP contribution in [0.15, 0.2) is 140 Å². The van der Waals surface area contributed by atoms with Crippen LogP contribution in [0.2, 0.25) is 0 Å². The highest BCUT2D eigenvalue weighted by atomic mass is 15.0. The van der Waals surface area contributed by atoms with Crippen LogP contribution in [0, 0.1) is 0 Å². The van der Waals surface area contributed by atoms with Crippen molar-refractivity contribution in [1.82, 2.24) is 14.5 Å². The van der Waals surface area contributed by atoms with Gasteiger partial charge in [0.15, 0.2) is 5.82 Å². The van der Waals surface area contributed by atoms with Gasteiger partial charge in [-0.05, 0) is 63.7 Å². The topological polar surface area (TPSA) is 30.7 Å². The Morgan fingerprint density at radius 2 is 1.14 bits per heavy atom. The fourth-order valence-corrected chi connectivity index (χ4v) is 8.70. The standard InChI is InChI=1S/C46H35N3/c1-45(2)36-22-11-8-19-31(36)34-26-35-32-20-10-13-24-39(32)49(40(35)27-38(34)45)30-18-14-17-29(25-30)44-47-42(28-15-6-5-7-16-28)41-33-21-9-12-23-37(33)46(3,4)43(41)48-44/h5-27H,1-4H3. The van der Waals surface area contributed by atoms with Gasteiger partial charge in [0.05, 0.1) is 22.4 Å². The fraction of sp³-hybridized carbons (Fsp3) is 0.130. The Kier molecular flexibility index (Phi) is 5.69. The first-order chi connectivity index (χ1) is 23.8. The molecule has 2 heterocycles. The second kappa shape index (κ2) is 9.87. The minimum atomic E-state index is -0.248. The summed E-state index contributed by atoms with van der Waals surface area (Å²) >= 11 is 0. The average Bonchev–Trinajstić information content (AvgIpc) is 3.68. The molecule has 0 unspecified atom stereocenters. The van der Waals surface area contributed by atoms with Crippen molar-refractivity contribution in [1.29, 1.82) is 0 Å². The van der Waals surface area contributed by atoms with Crippen molar-refractivity contribution >= 4 is 21.8 Å². The molecular weight excluding hydrogens is 595 g/mol. The smallest absolute Gasteiger partial charge is 0.160 e. The van der Waals surface area contributed by atoms with Crippen molar-refractivity contribution in [3.05, 3.63) is 162 Å². The summed E-state index contributed by atoms with van der Waals surface area (Å²) in [6.07, 6.45) is 0. The largest absolute Gasteiger partial charge is 0.309 e. The molecule has 0 N–H and O–H groups in total. The molecule has 0 saturated carbocycles. The zero-order valence-corrected chi connectivity index (χ0v) is 28.1. The molecule has 2 aliphatic carbocycles. The fourth-order valence-electron chi connectivity index (χ4n) is 8.70. The number of hydrogen-bond acceptors (Lipinski definition) is 2. The molecule has 8 aromatic rings. The highest BCUT2D eigenvalue weighted by Gasteiger charge is 2.40. The summed E-state index contributed by atoms with van der Waals surface area (Å²) in [5.41, 5.74) is 16.5. The van der Waals surface area contributed by atoms with E-state index in [2.05, 4.69) is 172 Å². The van der Waals surface area contributed by atoms with Gasteiger partial charge in [-0.15, -0.1) is 0 Å². The van der Waals surface area contributed by atoms with Crippen LogP contribution in [-0.4, -0.2) is 14.5 Å². The molecular formula is C46H35N3. The first-order valence-electron chi connectivity index (χ1n) is 17.2. The molecule has 0 fully saturated rings. The summed E-state index contributed by atoms with van der Waals surface area (Å²) in [4.78, 5) is 10.8. The second-order valence-electron chi connectivity index (χ2n) is 14.6. The monoisotopic (exact) mass is 629 g/mol. The number of aromatic nitrogens is 3. The van der Waals surface area contributed by atoms with Crippen LogP contribution in [0.3, 0.4) is 0 Å². The van der Waals surface area contributed by atoms with Crippen molar-refractivity contribution < 1.29 is 0 Å². The molecule has 10 rings (SSSR count). The molecule has 0 amide bonds. The number of para-hydroxylation sites is 1. The number of benzene rings is 6. The quantitative estimate of drug-likeness (QED) is 0.195. The van der Waals surface area contributed by atoms with Crippen LogP contribution in [0.4, 0.5) is 0 Å². The van der Waals surface area contributed by atoms with Crippen molar-refractivity contribution in [2.24, 2.45) is 0 Å². The summed E-state index contributed by atoms with van der Waals surface area (Å²) in [5.74, 6) is 0.749. The van der Waals surface area contributed by atoms with E-state index in [1.165, 1.54) is 55.2 Å². The summed E-state index contributed by atoms with van der Waals surface area (Å²) in [7, 11) is 0. The van der Waals surface area contributed by atoms with Gasteiger partial charge in [-0.25, -0.2) is 9.97 Å². The normalized spacial score (nSPS) is 14.9. The van der Waals surface area contributed by atoms with E-state index in [0.717, 1.165) is 39.6 Å².